The average molecular weight is 176 g/mol. The molecule has 0 aromatic rings. The Morgan fingerprint density at radius 2 is 1.92 bits per heavy atom. The van der Waals surface area contributed by atoms with E-state index in [0.29, 0.717) is 0 Å². The van der Waals surface area contributed by atoms with Crippen molar-refractivity contribution in [2.45, 2.75) is 19.8 Å². The van der Waals surface area contributed by atoms with Crippen molar-refractivity contribution >= 4 is 12.6 Å². The highest BCUT2D eigenvalue weighted by atomic mass is 32.1. The molecule has 0 saturated heterocycles. The molecule has 1 rings (SSSR count). The average Bonchev–Trinajstić information content (AvgIpc) is 2.38. The second kappa shape index (κ2) is 3.47. The number of thiol groups is 1. The van der Waals surface area contributed by atoms with Crippen LogP contribution in [0.2, 0.25) is 0 Å². The van der Waals surface area contributed by atoms with Gasteiger partial charge in [0.25, 0.3) is 0 Å². The topological polar surface area (TPSA) is 47.6 Å². The summed E-state index contributed by atoms with van der Waals surface area (Å²) in [5, 5.41) is 17.2. The van der Waals surface area contributed by atoms with E-state index in [9.17, 15) is 0 Å². The summed E-state index contributed by atoms with van der Waals surface area (Å²) in [4.78, 5) is 0.994. The van der Waals surface area contributed by atoms with Gasteiger partial charge in [-0.1, -0.05) is 0 Å². The summed E-state index contributed by atoms with van der Waals surface area (Å²) in [6, 6.07) is 3.79. The van der Waals surface area contributed by atoms with Crippen molar-refractivity contribution in [2.75, 3.05) is 0 Å². The summed E-state index contributed by atoms with van der Waals surface area (Å²) in [5.74, 6) is 0. The zero-order valence-corrected chi connectivity index (χ0v) is 7.65. The fourth-order valence-corrected chi connectivity index (χ4v) is 1.51. The summed E-state index contributed by atoms with van der Waals surface area (Å²) in [5.41, 5.74) is 2.10. The molecule has 3 heteroatoms. The van der Waals surface area contributed by atoms with Gasteiger partial charge in [-0.2, -0.15) is 10.5 Å². The predicted molar refractivity (Wildman–Crippen MR) is 49.2 cm³/mol. The van der Waals surface area contributed by atoms with Crippen molar-refractivity contribution in [3.8, 4) is 12.1 Å². The van der Waals surface area contributed by atoms with E-state index in [-0.39, 0.29) is 5.57 Å². The highest BCUT2D eigenvalue weighted by molar-refractivity contribution is 7.84. The number of nitriles is 2. The van der Waals surface area contributed by atoms with Crippen LogP contribution in [-0.4, -0.2) is 0 Å². The minimum Gasteiger partial charge on any atom is -0.192 e. The zero-order chi connectivity index (χ0) is 9.14. The molecular formula is C9H8N2S. The van der Waals surface area contributed by atoms with E-state index in [2.05, 4.69) is 12.6 Å². The van der Waals surface area contributed by atoms with E-state index < -0.39 is 0 Å². The smallest absolute Gasteiger partial charge is 0.133 e. The van der Waals surface area contributed by atoms with E-state index in [4.69, 9.17) is 10.5 Å². The monoisotopic (exact) mass is 176 g/mol. The van der Waals surface area contributed by atoms with Gasteiger partial charge in [0, 0.05) is 0 Å². The Kier molecular flexibility index (Phi) is 2.58. The third-order valence-electron chi connectivity index (χ3n) is 2.02. The molecular weight excluding hydrogens is 168 g/mol. The maximum Gasteiger partial charge on any atom is 0.133 e. The lowest BCUT2D eigenvalue weighted by Gasteiger charge is -1.96. The van der Waals surface area contributed by atoms with Crippen LogP contribution in [0.15, 0.2) is 21.6 Å². The summed E-state index contributed by atoms with van der Waals surface area (Å²) in [7, 11) is 0. The molecule has 12 heavy (non-hydrogen) atoms. The first-order chi connectivity index (χ1) is 5.70. The molecule has 0 aromatic carbocycles. The van der Waals surface area contributed by atoms with Gasteiger partial charge in [0.05, 0.1) is 0 Å². The molecule has 0 unspecified atom stereocenters. The SMILES string of the molecule is CC1=C(S)CCC1=C(C#N)C#N. The molecule has 0 N–H and O–H groups in total. The molecule has 0 saturated carbocycles. The van der Waals surface area contributed by atoms with Gasteiger partial charge in [-0.25, -0.2) is 0 Å². The Balaban J connectivity index is 3.18. The fourth-order valence-electron chi connectivity index (χ4n) is 1.27. The Morgan fingerprint density at radius 3 is 2.25 bits per heavy atom. The predicted octanol–water partition coefficient (Wildman–Crippen LogP) is 2.33. The normalized spacial score (nSPS) is 15.8. The molecule has 1 aliphatic rings. The first-order valence-electron chi connectivity index (χ1n) is 3.63. The molecule has 1 aliphatic carbocycles. The number of allylic oxidation sites excluding steroid dienone is 4. The van der Waals surface area contributed by atoms with Crippen LogP contribution in [0.25, 0.3) is 0 Å². The van der Waals surface area contributed by atoms with Gasteiger partial charge < -0.3 is 0 Å². The van der Waals surface area contributed by atoms with Gasteiger partial charge in [0.15, 0.2) is 0 Å². The van der Waals surface area contributed by atoms with Crippen LogP contribution < -0.4 is 0 Å². The van der Waals surface area contributed by atoms with E-state index >= 15 is 0 Å². The highest BCUT2D eigenvalue weighted by Gasteiger charge is 2.17. The number of hydrogen-bond donors (Lipinski definition) is 1. The largest absolute Gasteiger partial charge is 0.192 e. The van der Waals surface area contributed by atoms with Gasteiger partial charge in [-0.3, -0.25) is 0 Å². The number of hydrogen-bond acceptors (Lipinski definition) is 3. The summed E-state index contributed by atoms with van der Waals surface area (Å²) >= 11 is 4.25. The number of nitrogens with zero attached hydrogens (tertiary/aromatic N) is 2. The second-order valence-corrected chi connectivity index (χ2v) is 3.19. The van der Waals surface area contributed by atoms with Gasteiger partial charge in [0.2, 0.25) is 0 Å². The summed E-state index contributed by atoms with van der Waals surface area (Å²) < 4.78 is 0. The minimum atomic E-state index is 0.233. The lowest BCUT2D eigenvalue weighted by molar-refractivity contribution is 1.04. The quantitative estimate of drug-likeness (QED) is 0.455. The van der Waals surface area contributed by atoms with Crippen LogP contribution in [0, 0.1) is 22.7 Å². The third-order valence-corrected chi connectivity index (χ3v) is 2.58. The van der Waals surface area contributed by atoms with Gasteiger partial charge in [0.1, 0.15) is 17.7 Å². The maximum absolute atomic E-state index is 8.61. The van der Waals surface area contributed by atoms with Crippen LogP contribution in [0.5, 0.6) is 0 Å². The Hall–Kier alpha value is -1.19. The van der Waals surface area contributed by atoms with Crippen LogP contribution >= 0.6 is 12.6 Å². The van der Waals surface area contributed by atoms with Crippen molar-refractivity contribution in [1.82, 2.24) is 0 Å². The van der Waals surface area contributed by atoms with E-state index in [1.807, 2.05) is 19.1 Å². The molecule has 0 atom stereocenters. The van der Waals surface area contributed by atoms with Gasteiger partial charge in [-0.05, 0) is 35.8 Å². The zero-order valence-electron chi connectivity index (χ0n) is 6.76. The van der Waals surface area contributed by atoms with Crippen molar-refractivity contribution in [2.24, 2.45) is 0 Å². The molecule has 0 heterocycles. The molecule has 0 aliphatic heterocycles. The number of rotatable bonds is 0. The fraction of sp³-hybridized carbons (Fsp3) is 0.333. The maximum atomic E-state index is 8.61. The molecule has 60 valence electrons. The van der Waals surface area contributed by atoms with Crippen molar-refractivity contribution < 1.29 is 0 Å². The third kappa shape index (κ3) is 1.37. The molecule has 0 spiro atoms. The van der Waals surface area contributed by atoms with E-state index in [1.54, 1.807) is 0 Å². The summed E-state index contributed by atoms with van der Waals surface area (Å²) in [6.07, 6.45) is 1.64. The van der Waals surface area contributed by atoms with Gasteiger partial charge >= 0.3 is 0 Å². The van der Waals surface area contributed by atoms with Crippen molar-refractivity contribution in [1.29, 1.82) is 10.5 Å². The lowest BCUT2D eigenvalue weighted by Crippen LogP contribution is -1.84. The van der Waals surface area contributed by atoms with Crippen LogP contribution in [-0.2, 0) is 0 Å². The molecule has 2 nitrogen and oxygen atoms in total. The second-order valence-electron chi connectivity index (χ2n) is 2.65. The van der Waals surface area contributed by atoms with Crippen LogP contribution in [0.1, 0.15) is 19.8 Å². The molecule has 0 amide bonds. The Morgan fingerprint density at radius 1 is 1.33 bits per heavy atom. The highest BCUT2D eigenvalue weighted by Crippen LogP contribution is 2.34. The molecule has 0 radical (unpaired) electrons. The Bertz CT molecular complexity index is 334. The standard InChI is InChI=1S/C9H8N2S/c1-6-8(2-3-9(6)12)7(4-10)5-11/h12H,2-3H2,1H3. The lowest BCUT2D eigenvalue weighted by atomic mass is 10.1. The van der Waals surface area contributed by atoms with Crippen molar-refractivity contribution in [3.63, 3.8) is 0 Å². The van der Waals surface area contributed by atoms with Gasteiger partial charge in [-0.15, -0.1) is 12.6 Å². The molecule has 0 fully saturated rings. The molecule has 0 bridgehead atoms. The van der Waals surface area contributed by atoms with E-state index in [1.165, 1.54) is 0 Å². The molecule has 0 aromatic heterocycles. The van der Waals surface area contributed by atoms with Crippen molar-refractivity contribution in [3.05, 3.63) is 21.6 Å². The Labute approximate surface area is 77.2 Å². The van der Waals surface area contributed by atoms with Crippen LogP contribution in [0.3, 0.4) is 0 Å². The van der Waals surface area contributed by atoms with Crippen LogP contribution in [0.4, 0.5) is 0 Å². The summed E-state index contributed by atoms with van der Waals surface area (Å²) in [6.45, 7) is 1.90. The van der Waals surface area contributed by atoms with E-state index in [0.717, 1.165) is 28.9 Å². The first kappa shape index (κ1) is 8.90. The first-order valence-corrected chi connectivity index (χ1v) is 4.08. The minimum absolute atomic E-state index is 0.233.